The first-order valence-corrected chi connectivity index (χ1v) is 16.3. The molecule has 5 heterocycles. The Kier molecular flexibility index (Phi) is 9.75. The molecule has 3 aliphatic heterocycles. The van der Waals surface area contributed by atoms with Crippen molar-refractivity contribution in [1.29, 1.82) is 0 Å². The molecular weight excluding hydrogens is 588 g/mol. The van der Waals surface area contributed by atoms with E-state index >= 15 is 0 Å². The molecule has 2 N–H and O–H groups in total. The summed E-state index contributed by atoms with van der Waals surface area (Å²) in [6, 6.07) is 16.0. The van der Waals surface area contributed by atoms with Gasteiger partial charge in [0.1, 0.15) is 11.6 Å². The number of aryl methyl sites for hydroxylation is 1. The summed E-state index contributed by atoms with van der Waals surface area (Å²) in [7, 11) is 0. The number of fused-ring (bicyclic) bond motifs is 7. The number of carbonyl (C=O) groups is 1. The minimum Gasteiger partial charge on any atom is -0.493 e. The smallest absolute Gasteiger partial charge is 0.308 e. The van der Waals surface area contributed by atoms with Crippen LogP contribution < -0.4 is 9.64 Å². The summed E-state index contributed by atoms with van der Waals surface area (Å²) >= 11 is 6.42. The van der Waals surface area contributed by atoms with Gasteiger partial charge in [0.15, 0.2) is 5.65 Å². The van der Waals surface area contributed by atoms with Crippen LogP contribution in [-0.4, -0.2) is 56.1 Å². The number of aliphatic carboxylic acids is 1. The molecule has 0 radical (unpaired) electrons. The number of ether oxygens (including phenoxy) is 1. The van der Waals surface area contributed by atoms with Crippen molar-refractivity contribution in [3.8, 4) is 28.1 Å². The van der Waals surface area contributed by atoms with E-state index in [-0.39, 0.29) is 11.8 Å². The van der Waals surface area contributed by atoms with Gasteiger partial charge in [0.2, 0.25) is 0 Å². The average molecular weight is 633 g/mol. The van der Waals surface area contributed by atoms with Crippen molar-refractivity contribution in [3.63, 3.8) is 0 Å². The van der Waals surface area contributed by atoms with Crippen LogP contribution in [0.15, 0.2) is 48.5 Å². The normalized spacial score (nSPS) is 16.6. The number of benzene rings is 2. The zero-order valence-electron chi connectivity index (χ0n) is 27.1. The van der Waals surface area contributed by atoms with Gasteiger partial charge >= 0.3 is 5.97 Å². The van der Waals surface area contributed by atoms with Crippen LogP contribution >= 0.6 is 11.6 Å². The van der Waals surface area contributed by atoms with Gasteiger partial charge in [-0.15, -0.1) is 0 Å². The van der Waals surface area contributed by atoms with Crippen LogP contribution in [0.3, 0.4) is 0 Å². The van der Waals surface area contributed by atoms with Crippen molar-refractivity contribution < 1.29 is 19.7 Å². The van der Waals surface area contributed by atoms with E-state index < -0.39 is 11.6 Å². The summed E-state index contributed by atoms with van der Waals surface area (Å²) in [5, 5.41) is 24.0. The van der Waals surface area contributed by atoms with E-state index in [1.165, 1.54) is 12.8 Å². The third kappa shape index (κ3) is 8.16. The van der Waals surface area contributed by atoms with E-state index in [1.54, 1.807) is 20.8 Å². The SMILES string of the molecule is CC(C)(C)O.Cc1nc2cc3nn2c(c1CC(=O)O)N1CCC(C)(CCCCCOc2ccc(Cl)cc2-c2cccc-3c2)CC1. The molecule has 7 rings (SSSR count). The second-order valence-corrected chi connectivity index (χ2v) is 14.2. The number of carboxylic acid groups (broad SMARTS) is 1. The van der Waals surface area contributed by atoms with Crippen LogP contribution in [-0.2, 0) is 11.2 Å². The Labute approximate surface area is 271 Å². The predicted octanol–water partition coefficient (Wildman–Crippen LogP) is 7.99. The summed E-state index contributed by atoms with van der Waals surface area (Å²) in [6.07, 6.45) is 6.51. The van der Waals surface area contributed by atoms with Crippen molar-refractivity contribution in [1.82, 2.24) is 14.6 Å². The minimum absolute atomic E-state index is 0.0832. The Balaban J connectivity index is 0.000000743. The zero-order chi connectivity index (χ0) is 32.4. The van der Waals surface area contributed by atoms with E-state index in [1.807, 2.05) is 47.8 Å². The van der Waals surface area contributed by atoms with E-state index in [2.05, 4.69) is 24.0 Å². The summed E-state index contributed by atoms with van der Waals surface area (Å²) in [5.41, 5.74) is 5.64. The molecule has 240 valence electrons. The average Bonchev–Trinajstić information content (AvgIpc) is 3.39. The fraction of sp³-hybridized carbons (Fsp3) is 0.472. The third-order valence-corrected chi connectivity index (χ3v) is 8.81. The van der Waals surface area contributed by atoms with E-state index in [0.29, 0.717) is 11.6 Å². The van der Waals surface area contributed by atoms with Gasteiger partial charge in [-0.2, -0.15) is 9.61 Å². The van der Waals surface area contributed by atoms with Gasteiger partial charge in [0.05, 0.1) is 24.3 Å². The lowest BCUT2D eigenvalue weighted by Gasteiger charge is -2.41. The largest absolute Gasteiger partial charge is 0.493 e. The molecule has 0 saturated carbocycles. The number of carboxylic acids is 1. The van der Waals surface area contributed by atoms with Crippen molar-refractivity contribution in [2.75, 3.05) is 24.6 Å². The number of aliphatic hydroxyl groups is 1. The van der Waals surface area contributed by atoms with Crippen LogP contribution in [0.1, 0.15) is 77.5 Å². The van der Waals surface area contributed by atoms with Crippen molar-refractivity contribution >= 4 is 29.0 Å². The standard InChI is InChI=1S/C32H35ClN4O3.C4H10O/c1-21-25(19-30(38)39)31-36-14-12-32(2,13-15-36)11-4-3-5-16-40-28-10-9-24(33)18-26(28)22-7-6-8-23(17-22)27-20-29(34-21)37(31)35-27;1-4(2,3)5/h6-10,17-18,20H,3-5,11-16,19H2,1-2H3,(H,38,39);5H,1-3H3. The predicted molar refractivity (Wildman–Crippen MR) is 180 cm³/mol. The molecular formula is C36H45ClN4O4. The van der Waals surface area contributed by atoms with E-state index in [0.717, 1.165) is 89.6 Å². The van der Waals surface area contributed by atoms with Crippen LogP contribution in [0.2, 0.25) is 5.02 Å². The maximum Gasteiger partial charge on any atom is 0.308 e. The zero-order valence-corrected chi connectivity index (χ0v) is 27.8. The number of hydrogen-bond acceptors (Lipinski definition) is 6. The number of hydrogen-bond donors (Lipinski definition) is 2. The van der Waals surface area contributed by atoms with Crippen molar-refractivity contribution in [2.24, 2.45) is 5.41 Å². The van der Waals surface area contributed by atoms with Gasteiger partial charge in [-0.1, -0.05) is 49.6 Å². The molecule has 45 heavy (non-hydrogen) atoms. The molecule has 2 aromatic carbocycles. The summed E-state index contributed by atoms with van der Waals surface area (Å²) in [4.78, 5) is 19.0. The molecule has 3 aliphatic rings. The molecule has 6 bridgehead atoms. The highest BCUT2D eigenvalue weighted by atomic mass is 35.5. The molecule has 0 unspecified atom stereocenters. The van der Waals surface area contributed by atoms with Crippen LogP contribution in [0, 0.1) is 12.3 Å². The van der Waals surface area contributed by atoms with Gasteiger partial charge in [-0.25, -0.2) is 4.98 Å². The Hall–Kier alpha value is -3.62. The first kappa shape index (κ1) is 32.8. The number of anilines is 1. The Bertz CT molecular complexity index is 1660. The van der Waals surface area contributed by atoms with Crippen LogP contribution in [0.5, 0.6) is 5.75 Å². The highest BCUT2D eigenvalue weighted by Crippen LogP contribution is 2.40. The molecule has 4 aromatic rings. The fourth-order valence-corrected chi connectivity index (χ4v) is 6.35. The Morgan fingerprint density at radius 3 is 2.44 bits per heavy atom. The fourth-order valence-electron chi connectivity index (χ4n) is 6.18. The first-order valence-electron chi connectivity index (χ1n) is 15.9. The number of nitrogens with zero attached hydrogens (tertiary/aromatic N) is 4. The van der Waals surface area contributed by atoms with Gasteiger partial charge in [-0.05, 0) is 88.6 Å². The second kappa shape index (κ2) is 13.4. The molecule has 2 aromatic heterocycles. The lowest BCUT2D eigenvalue weighted by molar-refractivity contribution is -0.136. The van der Waals surface area contributed by atoms with Gasteiger partial charge in [-0.3, -0.25) is 4.79 Å². The molecule has 0 atom stereocenters. The quantitative estimate of drug-likeness (QED) is 0.231. The van der Waals surface area contributed by atoms with Crippen LogP contribution in [0.4, 0.5) is 5.82 Å². The molecule has 0 amide bonds. The lowest BCUT2D eigenvalue weighted by Crippen LogP contribution is -2.40. The second-order valence-electron chi connectivity index (χ2n) is 13.7. The number of piperidine rings is 1. The molecule has 1 saturated heterocycles. The lowest BCUT2D eigenvalue weighted by atomic mass is 9.76. The summed E-state index contributed by atoms with van der Waals surface area (Å²) in [6.45, 7) is 11.9. The molecule has 1 fully saturated rings. The summed E-state index contributed by atoms with van der Waals surface area (Å²) < 4.78 is 8.14. The van der Waals surface area contributed by atoms with Gasteiger partial charge in [0.25, 0.3) is 0 Å². The third-order valence-electron chi connectivity index (χ3n) is 8.57. The maximum atomic E-state index is 11.9. The molecule has 8 nitrogen and oxygen atoms in total. The number of aromatic nitrogens is 3. The Morgan fingerprint density at radius 1 is 1.02 bits per heavy atom. The van der Waals surface area contributed by atoms with E-state index in [4.69, 9.17) is 31.5 Å². The van der Waals surface area contributed by atoms with Gasteiger partial charge in [0, 0.05) is 46.6 Å². The highest BCUT2D eigenvalue weighted by molar-refractivity contribution is 6.31. The van der Waals surface area contributed by atoms with Gasteiger partial charge < -0.3 is 19.8 Å². The number of rotatable bonds is 2. The van der Waals surface area contributed by atoms with Crippen molar-refractivity contribution in [3.05, 3.63) is 64.8 Å². The minimum atomic E-state index is -0.863. The topological polar surface area (TPSA) is 100 Å². The molecule has 0 aliphatic carbocycles. The highest BCUT2D eigenvalue weighted by Gasteiger charge is 2.32. The molecule has 9 heteroatoms. The van der Waals surface area contributed by atoms with Crippen LogP contribution in [0.25, 0.3) is 28.0 Å². The number of halogens is 1. The van der Waals surface area contributed by atoms with E-state index in [9.17, 15) is 9.90 Å². The first-order chi connectivity index (χ1) is 21.3. The summed E-state index contributed by atoms with van der Waals surface area (Å²) in [5.74, 6) is 0.820. The maximum absolute atomic E-state index is 11.9. The Morgan fingerprint density at radius 2 is 1.73 bits per heavy atom. The molecule has 0 spiro atoms. The monoisotopic (exact) mass is 632 g/mol. The van der Waals surface area contributed by atoms with Crippen molar-refractivity contribution in [2.45, 2.75) is 85.2 Å².